The van der Waals surface area contributed by atoms with Gasteiger partial charge in [-0.25, -0.2) is 14.4 Å². The minimum absolute atomic E-state index is 0.192. The number of anilines is 1. The smallest absolute Gasteiger partial charge is 0.417 e. The van der Waals surface area contributed by atoms with Crippen molar-refractivity contribution in [2.45, 2.75) is 34.1 Å². The molecular weight excluding hydrogens is 344 g/mol. The van der Waals surface area contributed by atoms with Gasteiger partial charge in [0, 0.05) is 5.56 Å². The normalized spacial score (nSPS) is 8.58. The van der Waals surface area contributed by atoms with Gasteiger partial charge in [-0.15, -0.1) is 0 Å². The van der Waals surface area contributed by atoms with E-state index in [9.17, 15) is 14.4 Å². The summed E-state index contributed by atoms with van der Waals surface area (Å²) in [6.07, 6.45) is 0.375. The predicted octanol–water partition coefficient (Wildman–Crippen LogP) is 1.32. The highest BCUT2D eigenvalue weighted by atomic mass is 16.6. The Balaban J connectivity index is 0. The summed E-state index contributed by atoms with van der Waals surface area (Å²) in [6, 6.07) is 1.82. The molecule has 1 heterocycles. The van der Waals surface area contributed by atoms with Crippen molar-refractivity contribution in [3.05, 3.63) is 18.2 Å². The number of aromatic amines is 1. The van der Waals surface area contributed by atoms with Crippen LogP contribution in [-0.2, 0) is 23.8 Å². The first-order valence-electron chi connectivity index (χ1n) is 7.78. The van der Waals surface area contributed by atoms with Crippen molar-refractivity contribution in [3.63, 3.8) is 0 Å². The molecule has 0 amide bonds. The van der Waals surface area contributed by atoms with Crippen LogP contribution in [0.5, 0.6) is 0 Å². The van der Waals surface area contributed by atoms with E-state index in [4.69, 9.17) is 15.7 Å². The number of nitrogens with two attached hydrogens (primary N) is 1. The van der Waals surface area contributed by atoms with Gasteiger partial charge in [0.05, 0.1) is 26.7 Å². The maximum Gasteiger partial charge on any atom is 0.417 e. The summed E-state index contributed by atoms with van der Waals surface area (Å²) in [5.41, 5.74) is 6.39. The number of ether oxygens (including phenoxy) is 3. The van der Waals surface area contributed by atoms with Gasteiger partial charge >= 0.3 is 17.9 Å². The molecule has 0 saturated carbocycles. The average Bonchev–Trinajstić information content (AvgIpc) is 2.95. The van der Waals surface area contributed by atoms with Crippen LogP contribution in [-0.4, -0.2) is 47.9 Å². The van der Waals surface area contributed by atoms with Gasteiger partial charge in [-0.05, 0) is 27.7 Å². The third-order valence-corrected chi connectivity index (χ3v) is 2.36. The molecule has 0 radical (unpaired) electrons. The lowest BCUT2D eigenvalue weighted by Crippen LogP contribution is -2.19. The van der Waals surface area contributed by atoms with Crippen LogP contribution in [0, 0.1) is 25.2 Å². The van der Waals surface area contributed by atoms with E-state index in [0.29, 0.717) is 30.1 Å². The molecule has 1 aromatic heterocycles. The largest absolute Gasteiger partial charge is 0.461 e. The number of carbonyl (C=O) groups is 3. The fourth-order valence-electron chi connectivity index (χ4n) is 1.19. The minimum atomic E-state index is -0.927. The lowest BCUT2D eigenvalue weighted by Gasteiger charge is -1.99. The summed E-state index contributed by atoms with van der Waals surface area (Å²) in [5.74, 6) is -1.94. The summed E-state index contributed by atoms with van der Waals surface area (Å²) in [7, 11) is 0. The first kappa shape index (κ1) is 25.0. The molecule has 26 heavy (non-hydrogen) atoms. The van der Waals surface area contributed by atoms with Crippen LogP contribution in [0.2, 0.25) is 0 Å². The van der Waals surface area contributed by atoms with Gasteiger partial charge < -0.3 is 19.9 Å². The van der Waals surface area contributed by atoms with Gasteiger partial charge in [0.15, 0.2) is 6.42 Å². The van der Waals surface area contributed by atoms with Gasteiger partial charge in [-0.2, -0.15) is 10.4 Å². The standard InChI is InChI=1S/C7H11N3O2.C6H10O4.C3H4N/c1-3-12-7(11)5-4(2)6(8)10-9-5;1-3-9-5(7)6(8)10-4-2;1-2-3-4/h3H2,1-2H3,(H3,8,9,10);3-4H2,1-2H3;1-2H2/q;;+1. The number of aromatic nitrogens is 2. The molecule has 0 aliphatic carbocycles. The molecule has 1 rings (SSSR count). The summed E-state index contributed by atoms with van der Waals surface area (Å²) >= 11 is 0. The number of hydrogen-bond acceptors (Lipinski definition) is 9. The van der Waals surface area contributed by atoms with Crippen LogP contribution in [0.3, 0.4) is 0 Å². The summed E-state index contributed by atoms with van der Waals surface area (Å²) in [5, 5.41) is 13.7. The zero-order valence-electron chi connectivity index (χ0n) is 15.5. The molecule has 0 fully saturated rings. The molecular formula is C16H25N4O6+. The van der Waals surface area contributed by atoms with E-state index in [2.05, 4.69) is 26.6 Å². The van der Waals surface area contributed by atoms with E-state index >= 15 is 0 Å². The summed E-state index contributed by atoms with van der Waals surface area (Å²) in [6.45, 7) is 10.7. The maximum absolute atomic E-state index is 11.1. The number of esters is 3. The molecule has 0 aliphatic rings. The number of H-pyrrole nitrogens is 1. The Hall–Kier alpha value is -3.22. The molecule has 1 aromatic rings. The first-order valence-corrected chi connectivity index (χ1v) is 7.78. The Morgan fingerprint density at radius 2 is 1.54 bits per heavy atom. The monoisotopic (exact) mass is 369 g/mol. The van der Waals surface area contributed by atoms with Crippen molar-refractivity contribution < 1.29 is 28.6 Å². The minimum Gasteiger partial charge on any atom is -0.461 e. The number of nitrogens with one attached hydrogen (secondary N) is 1. The number of carbonyl (C=O) groups excluding carboxylic acids is 3. The van der Waals surface area contributed by atoms with E-state index in [0.717, 1.165) is 0 Å². The lowest BCUT2D eigenvalue weighted by molar-refractivity contribution is -0.167. The number of nitrogens with zero attached hydrogens (tertiary/aromatic N) is 2. The second kappa shape index (κ2) is 15.3. The maximum atomic E-state index is 11.1. The third-order valence-electron chi connectivity index (χ3n) is 2.36. The summed E-state index contributed by atoms with van der Waals surface area (Å²) in [4.78, 5) is 32.0. The Labute approximate surface area is 152 Å². The summed E-state index contributed by atoms with van der Waals surface area (Å²) < 4.78 is 13.4. The van der Waals surface area contributed by atoms with Crippen LogP contribution >= 0.6 is 0 Å². The second-order valence-corrected chi connectivity index (χ2v) is 4.18. The Morgan fingerprint density at radius 1 is 1.12 bits per heavy atom. The molecule has 144 valence electrons. The molecule has 0 saturated heterocycles. The molecule has 0 spiro atoms. The molecule has 0 atom stereocenters. The molecule has 0 unspecified atom stereocenters. The van der Waals surface area contributed by atoms with Crippen LogP contribution in [0.25, 0.3) is 0 Å². The second-order valence-electron chi connectivity index (χ2n) is 4.18. The van der Waals surface area contributed by atoms with Gasteiger partial charge in [-0.1, -0.05) is 0 Å². The zero-order valence-corrected chi connectivity index (χ0v) is 15.5. The van der Waals surface area contributed by atoms with Crippen molar-refractivity contribution in [3.8, 4) is 6.07 Å². The highest BCUT2D eigenvalue weighted by molar-refractivity contribution is 6.29. The van der Waals surface area contributed by atoms with E-state index in [-0.39, 0.29) is 13.2 Å². The quantitative estimate of drug-likeness (QED) is 0.345. The van der Waals surface area contributed by atoms with Gasteiger partial charge in [0.2, 0.25) is 0 Å². The Bertz CT molecular complexity index is 590. The van der Waals surface area contributed by atoms with Crippen molar-refractivity contribution in [2.24, 2.45) is 0 Å². The van der Waals surface area contributed by atoms with Gasteiger partial charge in [0.1, 0.15) is 17.6 Å². The van der Waals surface area contributed by atoms with Crippen LogP contribution < -0.4 is 5.73 Å². The fraction of sp³-hybridized carbons (Fsp3) is 0.500. The number of rotatable bonds is 4. The first-order chi connectivity index (χ1) is 12.3. The molecule has 0 aromatic carbocycles. The van der Waals surface area contributed by atoms with E-state index in [1.165, 1.54) is 0 Å². The van der Waals surface area contributed by atoms with Crippen molar-refractivity contribution in [2.75, 3.05) is 25.6 Å². The number of nitrogen functional groups attached to an aromatic ring is 1. The molecule has 0 bridgehead atoms. The lowest BCUT2D eigenvalue weighted by atomic mass is 10.2. The van der Waals surface area contributed by atoms with E-state index in [1.807, 2.05) is 6.07 Å². The van der Waals surface area contributed by atoms with Crippen LogP contribution in [0.15, 0.2) is 0 Å². The average molecular weight is 369 g/mol. The van der Waals surface area contributed by atoms with Crippen molar-refractivity contribution >= 4 is 23.7 Å². The molecule has 0 aliphatic heterocycles. The number of hydrogen-bond donors (Lipinski definition) is 2. The molecule has 3 N–H and O–H groups in total. The van der Waals surface area contributed by atoms with Crippen molar-refractivity contribution in [1.82, 2.24) is 10.2 Å². The van der Waals surface area contributed by atoms with Crippen LogP contribution in [0.4, 0.5) is 5.82 Å². The van der Waals surface area contributed by atoms with Crippen molar-refractivity contribution in [1.29, 1.82) is 5.26 Å². The third kappa shape index (κ3) is 10.5. The van der Waals surface area contributed by atoms with Crippen LogP contribution in [0.1, 0.15) is 43.2 Å². The predicted molar refractivity (Wildman–Crippen MR) is 92.5 cm³/mol. The molecule has 10 nitrogen and oxygen atoms in total. The van der Waals surface area contributed by atoms with E-state index < -0.39 is 17.9 Å². The highest BCUT2D eigenvalue weighted by Gasteiger charge is 2.15. The molecule has 10 heteroatoms. The number of nitriles is 1. The Kier molecular flexibility index (Phi) is 14.7. The zero-order chi connectivity index (χ0) is 20.5. The fourth-order valence-corrected chi connectivity index (χ4v) is 1.19. The SMILES string of the molecule is CCOC(=O)C(=O)OCC.CCOC(=O)c1[nH]nc(N)c1C.[CH2+]CC#N. The Morgan fingerprint density at radius 3 is 1.81 bits per heavy atom. The topological polar surface area (TPSA) is 157 Å². The highest BCUT2D eigenvalue weighted by Crippen LogP contribution is 2.11. The van der Waals surface area contributed by atoms with Gasteiger partial charge in [-0.3, -0.25) is 5.10 Å². The van der Waals surface area contributed by atoms with Gasteiger partial charge in [0.25, 0.3) is 0 Å². The van der Waals surface area contributed by atoms with E-state index in [1.54, 1.807) is 27.7 Å².